The quantitative estimate of drug-likeness (QED) is 0.534. The lowest BCUT2D eigenvalue weighted by Crippen LogP contribution is -2.19. The summed E-state index contributed by atoms with van der Waals surface area (Å²) in [6.07, 6.45) is 1.60. The number of aromatic hydroxyl groups is 1. The fourth-order valence-corrected chi connectivity index (χ4v) is 3.67. The summed E-state index contributed by atoms with van der Waals surface area (Å²) < 4.78 is 5.74. The number of phenols is 1. The summed E-state index contributed by atoms with van der Waals surface area (Å²) in [6.45, 7) is 1.95. The van der Waals surface area contributed by atoms with Gasteiger partial charge in [-0.15, -0.1) is 0 Å². The standard InChI is InChI=1S/C22H16N2O5S/c1-12-4-2-3-5-16(12)23-22-24-20(26)19(30-22)11-14-7-9-18(29-14)13-6-8-17(25)15(10-13)21(27)28/h2-11,25H,1H3,(H,27,28)(H,23,24,26)/b19-11-. The zero-order valence-corrected chi connectivity index (χ0v) is 16.6. The Hall–Kier alpha value is -3.78. The third kappa shape index (κ3) is 3.99. The minimum Gasteiger partial charge on any atom is -0.507 e. The highest BCUT2D eigenvalue weighted by Crippen LogP contribution is 2.32. The van der Waals surface area contributed by atoms with Crippen LogP contribution in [0.5, 0.6) is 5.75 Å². The zero-order chi connectivity index (χ0) is 21.3. The fraction of sp³-hybridized carbons (Fsp3) is 0.0455. The molecule has 3 N–H and O–H groups in total. The highest BCUT2D eigenvalue weighted by atomic mass is 32.2. The molecule has 0 aliphatic carbocycles. The van der Waals surface area contributed by atoms with Crippen LogP contribution in [0.1, 0.15) is 21.7 Å². The topological polar surface area (TPSA) is 112 Å². The number of carbonyl (C=O) groups excluding carboxylic acids is 1. The summed E-state index contributed by atoms with van der Waals surface area (Å²) in [5.74, 6) is -0.975. The largest absolute Gasteiger partial charge is 0.507 e. The lowest BCUT2D eigenvalue weighted by molar-refractivity contribution is -0.115. The van der Waals surface area contributed by atoms with Crippen LogP contribution in [-0.4, -0.2) is 27.3 Å². The highest BCUT2D eigenvalue weighted by molar-refractivity contribution is 8.18. The Bertz CT molecular complexity index is 1230. The van der Waals surface area contributed by atoms with E-state index in [4.69, 9.17) is 9.52 Å². The van der Waals surface area contributed by atoms with Crippen LogP contribution in [0.15, 0.2) is 68.9 Å². The number of aryl methyl sites for hydroxylation is 1. The average Bonchev–Trinajstić information content (AvgIpc) is 3.31. The lowest BCUT2D eigenvalue weighted by Gasteiger charge is -2.02. The van der Waals surface area contributed by atoms with Gasteiger partial charge in [0.05, 0.1) is 10.6 Å². The molecular weight excluding hydrogens is 404 g/mol. The number of carboxylic acids is 1. The fourth-order valence-electron chi connectivity index (χ4n) is 2.85. The molecule has 1 aromatic heterocycles. The summed E-state index contributed by atoms with van der Waals surface area (Å²) in [6, 6.07) is 15.2. The Morgan fingerprint density at radius 1 is 1.17 bits per heavy atom. The van der Waals surface area contributed by atoms with Crippen molar-refractivity contribution >= 4 is 40.6 Å². The van der Waals surface area contributed by atoms with E-state index in [0.717, 1.165) is 11.3 Å². The molecule has 4 rings (SSSR count). The Kier molecular flexibility index (Phi) is 5.16. The molecule has 150 valence electrons. The second kappa shape index (κ2) is 7.92. The molecule has 0 atom stereocenters. The maximum Gasteiger partial charge on any atom is 0.339 e. The van der Waals surface area contributed by atoms with Gasteiger partial charge in [-0.1, -0.05) is 18.2 Å². The van der Waals surface area contributed by atoms with Crippen molar-refractivity contribution in [3.05, 3.63) is 76.4 Å². The van der Waals surface area contributed by atoms with Gasteiger partial charge in [-0.3, -0.25) is 4.79 Å². The molecule has 1 amide bonds. The van der Waals surface area contributed by atoms with Gasteiger partial charge in [-0.2, -0.15) is 0 Å². The molecular formula is C22H16N2O5S. The predicted molar refractivity (Wildman–Crippen MR) is 115 cm³/mol. The molecule has 30 heavy (non-hydrogen) atoms. The maximum atomic E-state index is 12.3. The van der Waals surface area contributed by atoms with E-state index in [-0.39, 0.29) is 17.2 Å². The minimum absolute atomic E-state index is 0.216. The highest BCUT2D eigenvalue weighted by Gasteiger charge is 2.24. The number of para-hydroxylation sites is 1. The van der Waals surface area contributed by atoms with E-state index in [0.29, 0.717) is 27.2 Å². The number of hydrogen-bond acceptors (Lipinski definition) is 6. The Balaban J connectivity index is 1.57. The lowest BCUT2D eigenvalue weighted by atomic mass is 10.1. The molecule has 1 fully saturated rings. The zero-order valence-electron chi connectivity index (χ0n) is 15.7. The van der Waals surface area contributed by atoms with Crippen molar-refractivity contribution in [1.82, 2.24) is 5.32 Å². The van der Waals surface area contributed by atoms with E-state index in [2.05, 4.69) is 10.3 Å². The van der Waals surface area contributed by atoms with Gasteiger partial charge in [0.1, 0.15) is 22.8 Å². The van der Waals surface area contributed by atoms with Gasteiger partial charge < -0.3 is 19.9 Å². The first-order valence-corrected chi connectivity index (χ1v) is 9.74. The van der Waals surface area contributed by atoms with E-state index in [1.807, 2.05) is 31.2 Å². The van der Waals surface area contributed by atoms with Crippen LogP contribution in [0, 0.1) is 6.92 Å². The van der Waals surface area contributed by atoms with Crippen molar-refractivity contribution in [3.63, 3.8) is 0 Å². The molecule has 7 nitrogen and oxygen atoms in total. The van der Waals surface area contributed by atoms with Crippen LogP contribution in [0.25, 0.3) is 17.4 Å². The first-order valence-electron chi connectivity index (χ1n) is 8.92. The number of benzene rings is 2. The molecule has 1 saturated heterocycles. The molecule has 0 bridgehead atoms. The van der Waals surface area contributed by atoms with Gasteiger partial charge in [-0.05, 0) is 60.6 Å². The van der Waals surface area contributed by atoms with Gasteiger partial charge in [0, 0.05) is 11.6 Å². The van der Waals surface area contributed by atoms with Crippen LogP contribution in [0.2, 0.25) is 0 Å². The number of carboxylic acid groups (broad SMARTS) is 1. The molecule has 0 saturated carbocycles. The second-order valence-corrected chi connectivity index (χ2v) is 7.54. The predicted octanol–water partition coefficient (Wildman–Crippen LogP) is 4.55. The Morgan fingerprint density at radius 2 is 1.97 bits per heavy atom. The molecule has 1 aliphatic rings. The van der Waals surface area contributed by atoms with Gasteiger partial charge in [-0.25, -0.2) is 9.79 Å². The smallest absolute Gasteiger partial charge is 0.339 e. The molecule has 0 unspecified atom stereocenters. The van der Waals surface area contributed by atoms with Crippen molar-refractivity contribution in [1.29, 1.82) is 0 Å². The van der Waals surface area contributed by atoms with E-state index in [1.165, 1.54) is 23.9 Å². The number of amidine groups is 1. The number of rotatable bonds is 4. The third-order valence-corrected chi connectivity index (χ3v) is 5.31. The van der Waals surface area contributed by atoms with Crippen LogP contribution in [0.3, 0.4) is 0 Å². The maximum absolute atomic E-state index is 12.3. The van der Waals surface area contributed by atoms with Gasteiger partial charge >= 0.3 is 5.97 Å². The first kappa shape index (κ1) is 19.5. The van der Waals surface area contributed by atoms with Crippen molar-refractivity contribution in [2.75, 3.05) is 0 Å². The summed E-state index contributed by atoms with van der Waals surface area (Å²) in [7, 11) is 0. The van der Waals surface area contributed by atoms with Crippen LogP contribution < -0.4 is 5.32 Å². The number of furan rings is 1. The second-order valence-electron chi connectivity index (χ2n) is 6.51. The van der Waals surface area contributed by atoms with E-state index in [9.17, 15) is 14.7 Å². The van der Waals surface area contributed by atoms with Crippen molar-refractivity contribution in [2.45, 2.75) is 6.92 Å². The average molecular weight is 420 g/mol. The SMILES string of the molecule is Cc1ccccc1N=C1NC(=O)/C(=C/c2ccc(-c3ccc(O)c(C(=O)O)c3)o2)S1. The van der Waals surface area contributed by atoms with Crippen molar-refractivity contribution in [2.24, 2.45) is 4.99 Å². The molecule has 8 heteroatoms. The van der Waals surface area contributed by atoms with Crippen molar-refractivity contribution < 1.29 is 24.2 Å². The number of hydrogen-bond donors (Lipinski definition) is 3. The number of thioether (sulfide) groups is 1. The number of carbonyl (C=O) groups is 2. The molecule has 0 spiro atoms. The number of aromatic carboxylic acids is 1. The van der Waals surface area contributed by atoms with Gasteiger partial charge in [0.15, 0.2) is 5.17 Å². The third-order valence-electron chi connectivity index (χ3n) is 4.40. The Morgan fingerprint density at radius 3 is 2.73 bits per heavy atom. The van der Waals surface area contributed by atoms with Gasteiger partial charge in [0.25, 0.3) is 5.91 Å². The number of aliphatic imine (C=N–C) groups is 1. The van der Waals surface area contributed by atoms with Crippen molar-refractivity contribution in [3.8, 4) is 17.1 Å². The number of amides is 1. The van der Waals surface area contributed by atoms with E-state index >= 15 is 0 Å². The summed E-state index contributed by atoms with van der Waals surface area (Å²) in [5, 5.41) is 22.0. The van der Waals surface area contributed by atoms with E-state index < -0.39 is 5.97 Å². The minimum atomic E-state index is -1.23. The number of nitrogens with zero attached hydrogens (tertiary/aromatic N) is 1. The van der Waals surface area contributed by atoms with E-state index in [1.54, 1.807) is 24.3 Å². The monoisotopic (exact) mass is 420 g/mol. The summed E-state index contributed by atoms with van der Waals surface area (Å²) in [5.41, 5.74) is 2.07. The van der Waals surface area contributed by atoms with Gasteiger partial charge in [0.2, 0.25) is 0 Å². The Labute approximate surface area is 175 Å². The molecule has 2 heterocycles. The van der Waals surface area contributed by atoms with Crippen LogP contribution >= 0.6 is 11.8 Å². The molecule has 1 aliphatic heterocycles. The molecule has 0 radical (unpaired) electrons. The molecule has 3 aromatic rings. The normalized spacial score (nSPS) is 16.2. The first-order chi connectivity index (χ1) is 14.4. The molecule has 2 aromatic carbocycles. The summed E-state index contributed by atoms with van der Waals surface area (Å²) in [4.78, 5) is 28.4. The summed E-state index contributed by atoms with van der Waals surface area (Å²) >= 11 is 1.21. The number of nitrogens with one attached hydrogen (secondary N) is 1. The van der Waals surface area contributed by atoms with Crippen LogP contribution in [0.4, 0.5) is 5.69 Å². The van der Waals surface area contributed by atoms with Crippen LogP contribution in [-0.2, 0) is 4.79 Å².